The molecule has 1 amide bonds. The van der Waals surface area contributed by atoms with Crippen LogP contribution >= 0.6 is 0 Å². The van der Waals surface area contributed by atoms with Crippen LogP contribution in [0.25, 0.3) is 10.9 Å². The molecule has 0 aliphatic carbocycles. The van der Waals surface area contributed by atoms with Gasteiger partial charge in [0.05, 0.1) is 11.1 Å². The number of aromatic nitrogens is 1. The number of fused-ring (bicyclic) bond motifs is 1. The third-order valence-electron chi connectivity index (χ3n) is 4.39. The Bertz CT molecular complexity index is 1060. The fourth-order valence-corrected chi connectivity index (χ4v) is 2.91. The molecule has 1 aromatic heterocycles. The van der Waals surface area contributed by atoms with Crippen molar-refractivity contribution in [2.24, 2.45) is 5.73 Å². The van der Waals surface area contributed by atoms with Gasteiger partial charge < -0.3 is 16.0 Å². The summed E-state index contributed by atoms with van der Waals surface area (Å²) in [5.74, 6) is -0.661. The molecule has 3 rings (SSSR count). The number of H-pyrrole nitrogens is 1. The van der Waals surface area contributed by atoms with E-state index < -0.39 is 28.7 Å². The Morgan fingerprint density at radius 3 is 2.33 bits per heavy atom. The number of anilines is 1. The van der Waals surface area contributed by atoms with E-state index in [2.05, 4.69) is 10.3 Å². The lowest BCUT2D eigenvalue weighted by molar-refractivity contribution is -0.136. The van der Waals surface area contributed by atoms with Crippen molar-refractivity contribution in [1.29, 1.82) is 0 Å². The minimum absolute atomic E-state index is 0.000271. The monoisotopic (exact) mass is 375 g/mol. The number of rotatable bonds is 4. The highest BCUT2D eigenvalue weighted by Gasteiger charge is 2.35. The quantitative estimate of drug-likeness (QED) is 0.653. The van der Waals surface area contributed by atoms with Gasteiger partial charge in [-0.3, -0.25) is 9.59 Å². The van der Waals surface area contributed by atoms with Gasteiger partial charge in [0.15, 0.2) is 0 Å². The Morgan fingerprint density at radius 2 is 1.74 bits per heavy atom. The van der Waals surface area contributed by atoms with Gasteiger partial charge in [-0.25, -0.2) is 0 Å². The van der Waals surface area contributed by atoms with Crippen LogP contribution in [0.2, 0.25) is 0 Å². The maximum absolute atomic E-state index is 13.2. The number of primary amides is 1. The Kier molecular flexibility index (Phi) is 4.43. The van der Waals surface area contributed by atoms with Crippen molar-refractivity contribution in [2.45, 2.75) is 18.6 Å². The summed E-state index contributed by atoms with van der Waals surface area (Å²) in [7, 11) is 0. The van der Waals surface area contributed by atoms with Crippen LogP contribution in [0.1, 0.15) is 18.1 Å². The van der Waals surface area contributed by atoms with Crippen LogP contribution in [0.3, 0.4) is 0 Å². The first-order chi connectivity index (χ1) is 12.6. The summed E-state index contributed by atoms with van der Waals surface area (Å²) in [6.45, 7) is 1.57. The van der Waals surface area contributed by atoms with E-state index in [0.717, 1.165) is 0 Å². The Labute approximate surface area is 152 Å². The minimum atomic E-state index is -4.66. The number of carbonyl (C=O) groups excluding carboxylic acids is 1. The number of aromatic amines is 1. The average molecular weight is 375 g/mol. The topological polar surface area (TPSA) is 88.0 Å². The minimum Gasteiger partial charge on any atom is -0.368 e. The summed E-state index contributed by atoms with van der Waals surface area (Å²) in [6.07, 6.45) is -4.66. The number of pyridine rings is 1. The number of nitrogens with two attached hydrogens (primary N) is 1. The largest absolute Gasteiger partial charge is 0.417 e. The van der Waals surface area contributed by atoms with Gasteiger partial charge in [0, 0.05) is 17.1 Å². The molecule has 4 N–H and O–H groups in total. The van der Waals surface area contributed by atoms with Gasteiger partial charge in [-0.05, 0) is 24.6 Å². The van der Waals surface area contributed by atoms with Crippen molar-refractivity contribution in [3.63, 3.8) is 0 Å². The van der Waals surface area contributed by atoms with E-state index in [1.165, 1.54) is 18.2 Å². The number of carbonyl (C=O) groups is 1. The number of hydrogen-bond acceptors (Lipinski definition) is 3. The molecule has 5 nitrogen and oxygen atoms in total. The van der Waals surface area contributed by atoms with Crippen LogP contribution in [0.15, 0.2) is 59.4 Å². The zero-order chi connectivity index (χ0) is 19.8. The summed E-state index contributed by atoms with van der Waals surface area (Å²) in [5.41, 5.74) is 3.31. The van der Waals surface area contributed by atoms with Gasteiger partial charge >= 0.3 is 6.18 Å². The highest BCUT2D eigenvalue weighted by Crippen LogP contribution is 2.34. The average Bonchev–Trinajstić information content (AvgIpc) is 2.60. The van der Waals surface area contributed by atoms with Crippen LogP contribution in [0.4, 0.5) is 18.9 Å². The zero-order valence-corrected chi connectivity index (χ0v) is 14.2. The second-order valence-electron chi connectivity index (χ2n) is 6.29. The number of nitrogens with one attached hydrogen (secondary N) is 2. The molecule has 0 saturated carbocycles. The summed E-state index contributed by atoms with van der Waals surface area (Å²) < 4.78 is 39.5. The number of benzene rings is 2. The predicted octanol–water partition coefficient (Wildman–Crippen LogP) is 3.36. The second kappa shape index (κ2) is 6.46. The van der Waals surface area contributed by atoms with Gasteiger partial charge in [0.1, 0.15) is 5.54 Å². The van der Waals surface area contributed by atoms with Gasteiger partial charge in [0.25, 0.3) is 0 Å². The van der Waals surface area contributed by atoms with Gasteiger partial charge in [-0.15, -0.1) is 0 Å². The summed E-state index contributed by atoms with van der Waals surface area (Å²) in [6, 6.07) is 13.2. The first-order valence-corrected chi connectivity index (χ1v) is 7.99. The molecule has 1 heterocycles. The number of halogens is 3. The summed E-state index contributed by atoms with van der Waals surface area (Å²) in [5, 5.41) is 2.82. The van der Waals surface area contributed by atoms with Crippen LogP contribution < -0.4 is 16.6 Å². The zero-order valence-electron chi connectivity index (χ0n) is 14.2. The third-order valence-corrected chi connectivity index (χ3v) is 4.39. The standard InChI is InChI=1S/C19H16F3N3O2/c1-18(17(23)27,11-5-3-2-4-6-11)25-12-7-8-13-14(19(20,21)22)10-16(26)24-15(13)9-12/h2-10,25H,1H3,(H2,23,27)(H,24,26). The number of hydrogen-bond donors (Lipinski definition) is 3. The maximum Gasteiger partial charge on any atom is 0.417 e. The smallest absolute Gasteiger partial charge is 0.368 e. The number of amides is 1. The van der Waals surface area contributed by atoms with Crippen molar-refractivity contribution in [1.82, 2.24) is 4.98 Å². The molecule has 0 aliphatic rings. The van der Waals surface area contributed by atoms with Gasteiger partial charge in [-0.2, -0.15) is 13.2 Å². The van der Waals surface area contributed by atoms with Crippen molar-refractivity contribution in [2.75, 3.05) is 5.32 Å². The molecule has 0 fully saturated rings. The molecule has 1 atom stereocenters. The Morgan fingerprint density at radius 1 is 1.07 bits per heavy atom. The lowest BCUT2D eigenvalue weighted by Gasteiger charge is -2.29. The molecule has 140 valence electrons. The number of alkyl halides is 3. The first kappa shape index (κ1) is 18.5. The van der Waals surface area contributed by atoms with Crippen molar-refractivity contribution < 1.29 is 18.0 Å². The molecule has 0 spiro atoms. The van der Waals surface area contributed by atoms with E-state index in [4.69, 9.17) is 5.73 Å². The molecule has 0 bridgehead atoms. The predicted molar refractivity (Wildman–Crippen MR) is 96.2 cm³/mol. The molecule has 0 radical (unpaired) electrons. The lowest BCUT2D eigenvalue weighted by Crippen LogP contribution is -2.45. The fourth-order valence-electron chi connectivity index (χ4n) is 2.91. The third kappa shape index (κ3) is 3.51. The van der Waals surface area contributed by atoms with E-state index in [1.807, 2.05) is 0 Å². The maximum atomic E-state index is 13.2. The molecule has 8 heteroatoms. The summed E-state index contributed by atoms with van der Waals surface area (Å²) in [4.78, 5) is 26.1. The van der Waals surface area contributed by atoms with E-state index >= 15 is 0 Å². The van der Waals surface area contributed by atoms with Gasteiger partial charge in [-0.1, -0.05) is 36.4 Å². The Hall–Kier alpha value is -3.29. The van der Waals surface area contributed by atoms with E-state index in [0.29, 0.717) is 17.3 Å². The van der Waals surface area contributed by atoms with Crippen LogP contribution in [0, 0.1) is 0 Å². The SMILES string of the molecule is CC(Nc1ccc2c(C(F)(F)F)cc(=O)[nH]c2c1)(C(N)=O)c1ccccc1. The second-order valence-corrected chi connectivity index (χ2v) is 6.29. The van der Waals surface area contributed by atoms with Crippen molar-refractivity contribution >= 4 is 22.5 Å². The van der Waals surface area contributed by atoms with Crippen molar-refractivity contribution in [3.05, 3.63) is 76.1 Å². The molecule has 0 saturated heterocycles. The Balaban J connectivity index is 2.10. The normalized spacial score (nSPS) is 13.9. The highest BCUT2D eigenvalue weighted by molar-refractivity contribution is 5.91. The van der Waals surface area contributed by atoms with Crippen LogP contribution in [-0.2, 0) is 16.5 Å². The van der Waals surface area contributed by atoms with Crippen molar-refractivity contribution in [3.8, 4) is 0 Å². The molecule has 2 aromatic carbocycles. The molecular weight excluding hydrogens is 359 g/mol. The van der Waals surface area contributed by atoms with Gasteiger partial charge in [0.2, 0.25) is 11.5 Å². The lowest BCUT2D eigenvalue weighted by atomic mass is 9.90. The van der Waals surface area contributed by atoms with Crippen LogP contribution in [-0.4, -0.2) is 10.9 Å². The molecule has 1 unspecified atom stereocenters. The first-order valence-electron chi connectivity index (χ1n) is 7.99. The summed E-state index contributed by atoms with van der Waals surface area (Å²) >= 11 is 0. The van der Waals surface area contributed by atoms with E-state index in [9.17, 15) is 22.8 Å². The van der Waals surface area contributed by atoms with E-state index in [-0.39, 0.29) is 10.9 Å². The van der Waals surface area contributed by atoms with Crippen LogP contribution in [0.5, 0.6) is 0 Å². The highest BCUT2D eigenvalue weighted by atomic mass is 19.4. The van der Waals surface area contributed by atoms with E-state index in [1.54, 1.807) is 37.3 Å². The fraction of sp³-hybridized carbons (Fsp3) is 0.158. The molecule has 3 aromatic rings. The molecule has 27 heavy (non-hydrogen) atoms. The molecular formula is C19H16F3N3O2. The molecule has 0 aliphatic heterocycles.